The van der Waals surface area contributed by atoms with E-state index in [2.05, 4.69) is 0 Å². The van der Waals surface area contributed by atoms with Gasteiger partial charge in [-0.05, 0) is 13.0 Å². The maximum Gasteiger partial charge on any atom is 0.337 e. The van der Waals surface area contributed by atoms with E-state index in [9.17, 15) is 29.2 Å². The van der Waals surface area contributed by atoms with Crippen LogP contribution in [-0.2, 0) is 4.79 Å². The predicted molar refractivity (Wildman–Crippen MR) is 68.3 cm³/mol. The Morgan fingerprint density at radius 3 is 2.57 bits per heavy atom. The molecule has 0 aliphatic carbocycles. The first kappa shape index (κ1) is 16.3. The van der Waals surface area contributed by atoms with Crippen LogP contribution in [0.5, 0.6) is 0 Å². The lowest BCUT2D eigenvalue weighted by Gasteiger charge is -2.18. The molecule has 0 aliphatic rings. The zero-order valence-electron chi connectivity index (χ0n) is 10.8. The minimum absolute atomic E-state index is 0.326. The summed E-state index contributed by atoms with van der Waals surface area (Å²) in [5.74, 6) is -2.56. The molecule has 2 amide bonds. The summed E-state index contributed by atoms with van der Waals surface area (Å²) in [7, 11) is 0. The first-order valence-corrected chi connectivity index (χ1v) is 5.58. The second-order valence-electron chi connectivity index (χ2n) is 4.31. The number of nitro groups is 1. The van der Waals surface area contributed by atoms with Crippen molar-refractivity contribution in [2.24, 2.45) is 0 Å². The van der Waals surface area contributed by atoms with Crippen LogP contribution in [0.15, 0.2) is 18.2 Å². The lowest BCUT2D eigenvalue weighted by Crippen LogP contribution is -2.47. The SMILES string of the molecule is CC(O)(CNC(=O)Nc1ccc([N+](=O)[O-])cc1F)C(=O)O. The molecular weight excluding hydrogens is 289 g/mol. The quantitative estimate of drug-likeness (QED) is 0.465. The number of carbonyl (C=O) groups excluding carboxylic acids is 1. The van der Waals surface area contributed by atoms with Crippen molar-refractivity contribution in [1.29, 1.82) is 0 Å². The maximum atomic E-state index is 13.5. The van der Waals surface area contributed by atoms with Gasteiger partial charge in [0.2, 0.25) is 0 Å². The molecule has 0 spiro atoms. The Hall–Kier alpha value is -2.75. The number of hydrogen-bond donors (Lipinski definition) is 4. The minimum atomic E-state index is -2.18. The summed E-state index contributed by atoms with van der Waals surface area (Å²) in [6.45, 7) is 0.366. The van der Waals surface area contributed by atoms with Crippen LogP contribution in [0.1, 0.15) is 6.92 Å². The fourth-order valence-electron chi connectivity index (χ4n) is 1.21. The van der Waals surface area contributed by atoms with E-state index in [0.29, 0.717) is 6.07 Å². The third kappa shape index (κ3) is 4.38. The number of nitro benzene ring substituents is 1. The van der Waals surface area contributed by atoms with Gasteiger partial charge in [-0.1, -0.05) is 0 Å². The second-order valence-corrected chi connectivity index (χ2v) is 4.31. The Morgan fingerprint density at radius 2 is 2.10 bits per heavy atom. The number of halogens is 1. The van der Waals surface area contributed by atoms with Gasteiger partial charge in [-0.2, -0.15) is 0 Å². The minimum Gasteiger partial charge on any atom is -0.479 e. The monoisotopic (exact) mass is 301 g/mol. The normalized spacial score (nSPS) is 13.1. The smallest absolute Gasteiger partial charge is 0.337 e. The van der Waals surface area contributed by atoms with Gasteiger partial charge in [-0.25, -0.2) is 14.0 Å². The van der Waals surface area contributed by atoms with Gasteiger partial charge in [0, 0.05) is 6.07 Å². The number of rotatable bonds is 5. The first-order chi connectivity index (χ1) is 9.63. The zero-order chi connectivity index (χ0) is 16.2. The molecule has 1 aromatic carbocycles. The van der Waals surface area contributed by atoms with Crippen molar-refractivity contribution in [2.45, 2.75) is 12.5 Å². The number of hydrogen-bond acceptors (Lipinski definition) is 5. The summed E-state index contributed by atoms with van der Waals surface area (Å²) in [4.78, 5) is 31.7. The number of aliphatic hydroxyl groups is 1. The zero-order valence-corrected chi connectivity index (χ0v) is 10.8. The molecule has 0 fully saturated rings. The fraction of sp³-hybridized carbons (Fsp3) is 0.273. The standard InChI is InChI=1S/C11H12FN3O6/c1-11(19,9(16)17)5-13-10(18)14-8-3-2-6(15(20)21)4-7(8)12/h2-4,19H,5H2,1H3,(H,16,17)(H2,13,14,18). The molecule has 0 radical (unpaired) electrons. The van der Waals surface area contributed by atoms with Crippen LogP contribution in [-0.4, -0.2) is 39.3 Å². The van der Waals surface area contributed by atoms with Gasteiger partial charge in [0.25, 0.3) is 5.69 Å². The topological polar surface area (TPSA) is 142 Å². The third-order valence-electron chi connectivity index (χ3n) is 2.47. The van der Waals surface area contributed by atoms with Crippen LogP contribution in [0.25, 0.3) is 0 Å². The average Bonchev–Trinajstić information content (AvgIpc) is 2.38. The summed E-state index contributed by atoms with van der Waals surface area (Å²) in [5.41, 5.74) is -2.98. The van der Waals surface area contributed by atoms with Crippen LogP contribution in [0, 0.1) is 15.9 Å². The molecule has 1 atom stereocenters. The molecule has 1 aromatic rings. The summed E-state index contributed by atoms with van der Waals surface area (Å²) in [6, 6.07) is 1.64. The summed E-state index contributed by atoms with van der Waals surface area (Å²) in [6.07, 6.45) is 0. The molecule has 1 rings (SSSR count). The Morgan fingerprint density at radius 1 is 1.48 bits per heavy atom. The number of non-ortho nitro benzene ring substituents is 1. The first-order valence-electron chi connectivity index (χ1n) is 5.58. The van der Waals surface area contributed by atoms with E-state index in [1.807, 2.05) is 10.6 Å². The molecule has 0 saturated heterocycles. The van der Waals surface area contributed by atoms with Crippen molar-refractivity contribution in [1.82, 2.24) is 5.32 Å². The van der Waals surface area contributed by atoms with E-state index in [1.165, 1.54) is 0 Å². The number of carboxylic acid groups (broad SMARTS) is 1. The predicted octanol–water partition coefficient (Wildman–Crippen LogP) is 0.691. The number of amides is 2. The van der Waals surface area contributed by atoms with E-state index >= 15 is 0 Å². The molecule has 0 saturated carbocycles. The van der Waals surface area contributed by atoms with Gasteiger partial charge in [0.15, 0.2) is 11.4 Å². The Balaban J connectivity index is 2.68. The van der Waals surface area contributed by atoms with E-state index < -0.39 is 40.6 Å². The highest BCUT2D eigenvalue weighted by Gasteiger charge is 2.30. The van der Waals surface area contributed by atoms with Crippen molar-refractivity contribution in [2.75, 3.05) is 11.9 Å². The number of carboxylic acids is 1. The lowest BCUT2D eigenvalue weighted by atomic mass is 10.1. The van der Waals surface area contributed by atoms with Gasteiger partial charge >= 0.3 is 12.0 Å². The highest BCUT2D eigenvalue weighted by Crippen LogP contribution is 2.20. The maximum absolute atomic E-state index is 13.5. The van der Waals surface area contributed by atoms with Gasteiger partial charge < -0.3 is 20.8 Å². The van der Waals surface area contributed by atoms with Crippen molar-refractivity contribution in [3.8, 4) is 0 Å². The van der Waals surface area contributed by atoms with Crippen LogP contribution in [0.2, 0.25) is 0 Å². The number of aliphatic carboxylic acids is 1. The summed E-state index contributed by atoms with van der Waals surface area (Å²) >= 11 is 0. The van der Waals surface area contributed by atoms with E-state index in [4.69, 9.17) is 5.11 Å². The highest BCUT2D eigenvalue weighted by molar-refractivity contribution is 5.90. The van der Waals surface area contributed by atoms with Gasteiger partial charge in [-0.3, -0.25) is 10.1 Å². The molecule has 0 bridgehead atoms. The van der Waals surface area contributed by atoms with Gasteiger partial charge in [0.1, 0.15) is 0 Å². The number of urea groups is 1. The number of anilines is 1. The van der Waals surface area contributed by atoms with E-state index in [-0.39, 0.29) is 5.69 Å². The van der Waals surface area contributed by atoms with Crippen molar-refractivity contribution < 1.29 is 29.1 Å². The molecule has 0 aromatic heterocycles. The van der Waals surface area contributed by atoms with Crippen molar-refractivity contribution >= 4 is 23.4 Å². The Kier molecular flexibility index (Phi) is 4.76. The molecular formula is C11H12FN3O6. The second kappa shape index (κ2) is 6.13. The molecule has 10 heteroatoms. The largest absolute Gasteiger partial charge is 0.479 e. The molecule has 0 aliphatic heterocycles. The summed E-state index contributed by atoms with van der Waals surface area (Å²) in [5, 5.41) is 32.5. The van der Waals surface area contributed by atoms with E-state index in [1.54, 1.807) is 0 Å². The van der Waals surface area contributed by atoms with Gasteiger partial charge in [0.05, 0.1) is 23.2 Å². The Bertz CT molecular complexity index is 589. The van der Waals surface area contributed by atoms with Gasteiger partial charge in [-0.15, -0.1) is 0 Å². The lowest BCUT2D eigenvalue weighted by molar-refractivity contribution is -0.385. The number of carbonyl (C=O) groups is 2. The molecule has 114 valence electrons. The fourth-order valence-corrected chi connectivity index (χ4v) is 1.21. The summed E-state index contributed by atoms with van der Waals surface area (Å²) < 4.78 is 13.5. The van der Waals surface area contributed by atoms with Crippen LogP contribution in [0.4, 0.5) is 20.6 Å². The third-order valence-corrected chi connectivity index (χ3v) is 2.47. The van der Waals surface area contributed by atoms with Crippen LogP contribution in [0.3, 0.4) is 0 Å². The van der Waals surface area contributed by atoms with Crippen molar-refractivity contribution in [3.63, 3.8) is 0 Å². The number of nitrogens with one attached hydrogen (secondary N) is 2. The Labute approximate surface area is 117 Å². The molecule has 0 heterocycles. The van der Waals surface area contributed by atoms with Crippen LogP contribution < -0.4 is 10.6 Å². The molecule has 4 N–H and O–H groups in total. The van der Waals surface area contributed by atoms with E-state index in [0.717, 1.165) is 19.1 Å². The molecule has 21 heavy (non-hydrogen) atoms. The number of nitrogens with zero attached hydrogens (tertiary/aromatic N) is 1. The highest BCUT2D eigenvalue weighted by atomic mass is 19.1. The average molecular weight is 301 g/mol. The van der Waals surface area contributed by atoms with Crippen molar-refractivity contribution in [3.05, 3.63) is 34.1 Å². The molecule has 9 nitrogen and oxygen atoms in total. The van der Waals surface area contributed by atoms with Crippen LogP contribution >= 0.6 is 0 Å². The molecule has 1 unspecified atom stereocenters. The number of benzene rings is 1.